The zero-order valence-corrected chi connectivity index (χ0v) is 16.7. The Labute approximate surface area is 171 Å². The van der Waals surface area contributed by atoms with E-state index in [2.05, 4.69) is 6.92 Å². The second-order valence-corrected chi connectivity index (χ2v) is 7.29. The van der Waals surface area contributed by atoms with Gasteiger partial charge in [0.2, 0.25) is 0 Å². The topological polar surface area (TPSA) is 165 Å². The second kappa shape index (κ2) is 13.1. The number of benzene rings is 1. The molecule has 0 aliphatic rings. The zero-order valence-electron chi connectivity index (χ0n) is 16.7. The minimum absolute atomic E-state index is 0.217. The summed E-state index contributed by atoms with van der Waals surface area (Å²) in [6.07, 6.45) is -6.20. The Balaban J connectivity index is 2.98. The van der Waals surface area contributed by atoms with Crippen LogP contribution in [-0.4, -0.2) is 104 Å². The van der Waals surface area contributed by atoms with Gasteiger partial charge in [-0.15, -0.1) is 0 Å². The Morgan fingerprint density at radius 2 is 1.17 bits per heavy atom. The monoisotopic (exact) mass is 417 g/mol. The number of nitrogens with zero attached hydrogens (tertiary/aromatic N) is 1. The zero-order chi connectivity index (χ0) is 22.0. The smallest absolute Gasteiger partial charge is 0.110 e. The fourth-order valence-corrected chi connectivity index (χ4v) is 2.94. The van der Waals surface area contributed by atoms with Gasteiger partial charge < -0.3 is 45.8 Å². The van der Waals surface area contributed by atoms with Crippen molar-refractivity contribution in [2.75, 3.05) is 31.2 Å². The molecule has 6 atom stereocenters. The third-order valence-corrected chi connectivity index (χ3v) is 4.89. The van der Waals surface area contributed by atoms with Crippen LogP contribution in [0.1, 0.15) is 25.3 Å². The first kappa shape index (κ1) is 25.7. The van der Waals surface area contributed by atoms with Gasteiger partial charge in [0.15, 0.2) is 0 Å². The molecule has 0 radical (unpaired) electrons. The van der Waals surface area contributed by atoms with Crippen molar-refractivity contribution in [2.24, 2.45) is 0 Å². The first-order valence-corrected chi connectivity index (χ1v) is 9.89. The van der Waals surface area contributed by atoms with Crippen LogP contribution in [0.25, 0.3) is 0 Å². The Morgan fingerprint density at radius 1 is 0.724 bits per heavy atom. The lowest BCUT2D eigenvalue weighted by Crippen LogP contribution is -2.50. The number of aliphatic hydroxyl groups excluding tert-OH is 8. The summed E-state index contributed by atoms with van der Waals surface area (Å²) in [5.41, 5.74) is 1.70. The van der Waals surface area contributed by atoms with Crippen LogP contribution in [0.15, 0.2) is 24.3 Å². The van der Waals surface area contributed by atoms with E-state index in [1.54, 1.807) is 12.1 Å². The average Bonchev–Trinajstić information content (AvgIpc) is 2.74. The predicted molar refractivity (Wildman–Crippen MR) is 107 cm³/mol. The number of hydrogen-bond donors (Lipinski definition) is 8. The lowest BCUT2D eigenvalue weighted by atomic mass is 10.0. The van der Waals surface area contributed by atoms with E-state index in [0.717, 1.165) is 24.8 Å². The molecule has 0 aromatic heterocycles. The predicted octanol–water partition coefficient (Wildman–Crippen LogP) is -2.01. The number of rotatable bonds is 14. The number of hydrogen-bond acceptors (Lipinski definition) is 9. The second-order valence-electron chi connectivity index (χ2n) is 7.29. The molecule has 9 nitrogen and oxygen atoms in total. The normalized spacial score (nSPS) is 18.0. The molecule has 0 aliphatic heterocycles. The summed E-state index contributed by atoms with van der Waals surface area (Å²) in [6, 6.07) is 7.34. The molecule has 1 aromatic carbocycles. The lowest BCUT2D eigenvalue weighted by molar-refractivity contribution is -0.0795. The van der Waals surface area contributed by atoms with E-state index in [9.17, 15) is 30.6 Å². The van der Waals surface area contributed by atoms with Gasteiger partial charge in [-0.25, -0.2) is 0 Å². The molecule has 1 rings (SSSR count). The molecule has 0 saturated heterocycles. The fraction of sp³-hybridized carbons (Fsp3) is 0.700. The van der Waals surface area contributed by atoms with Gasteiger partial charge in [-0.05, 0) is 30.5 Å². The van der Waals surface area contributed by atoms with Crippen molar-refractivity contribution in [3.63, 3.8) is 0 Å². The number of anilines is 1. The number of aryl methyl sites for hydroxylation is 1. The standard InChI is InChI=1S/C20H35NO8/c1-2-3-4-13-5-7-14(8-6-13)21(9-15(24)19(28)17(26)11-22)10-16(25)20(29)18(27)12-23/h5-8,15-20,22-29H,2-4,9-12H2,1H3/t15-,16-,17-,18-,19+,20+/m1/s1. The molecule has 29 heavy (non-hydrogen) atoms. The van der Waals surface area contributed by atoms with Crippen molar-refractivity contribution in [1.29, 1.82) is 0 Å². The van der Waals surface area contributed by atoms with Crippen molar-refractivity contribution < 1.29 is 40.9 Å². The minimum Gasteiger partial charge on any atom is -0.394 e. The molecule has 0 bridgehead atoms. The quantitative estimate of drug-likeness (QED) is 0.171. The molecule has 0 unspecified atom stereocenters. The fourth-order valence-electron chi connectivity index (χ4n) is 2.94. The van der Waals surface area contributed by atoms with Gasteiger partial charge in [0, 0.05) is 18.8 Å². The van der Waals surface area contributed by atoms with Crippen LogP contribution in [0.5, 0.6) is 0 Å². The molecule has 8 N–H and O–H groups in total. The molecule has 168 valence electrons. The maximum Gasteiger partial charge on any atom is 0.110 e. The van der Waals surface area contributed by atoms with Gasteiger partial charge in [-0.1, -0.05) is 25.5 Å². The average molecular weight is 417 g/mol. The largest absolute Gasteiger partial charge is 0.394 e. The van der Waals surface area contributed by atoms with E-state index >= 15 is 0 Å². The van der Waals surface area contributed by atoms with Crippen molar-refractivity contribution in [1.82, 2.24) is 0 Å². The summed E-state index contributed by atoms with van der Waals surface area (Å²) >= 11 is 0. The first-order chi connectivity index (χ1) is 13.7. The molecule has 0 spiro atoms. The van der Waals surface area contributed by atoms with E-state index in [4.69, 9.17) is 10.2 Å². The Bertz CT molecular complexity index is 534. The Hall–Kier alpha value is -1.30. The van der Waals surface area contributed by atoms with Crippen LogP contribution in [0, 0.1) is 0 Å². The van der Waals surface area contributed by atoms with Crippen LogP contribution < -0.4 is 4.90 Å². The minimum atomic E-state index is -1.61. The van der Waals surface area contributed by atoms with Gasteiger partial charge in [-0.2, -0.15) is 0 Å². The van der Waals surface area contributed by atoms with Crippen molar-refractivity contribution in [3.05, 3.63) is 29.8 Å². The Morgan fingerprint density at radius 3 is 1.55 bits per heavy atom. The molecule has 0 fully saturated rings. The molecule has 0 saturated carbocycles. The van der Waals surface area contributed by atoms with Gasteiger partial charge in [0.1, 0.15) is 24.4 Å². The molecule has 0 heterocycles. The summed E-state index contributed by atoms with van der Waals surface area (Å²) in [5, 5.41) is 77.3. The lowest BCUT2D eigenvalue weighted by Gasteiger charge is -2.33. The van der Waals surface area contributed by atoms with Crippen LogP contribution in [0.4, 0.5) is 5.69 Å². The molecule has 9 heteroatoms. The third-order valence-electron chi connectivity index (χ3n) is 4.89. The highest BCUT2D eigenvalue weighted by atomic mass is 16.4. The number of aliphatic hydroxyl groups is 8. The van der Waals surface area contributed by atoms with Crippen LogP contribution in [0.2, 0.25) is 0 Å². The molecular formula is C20H35NO8. The van der Waals surface area contributed by atoms with E-state index in [1.165, 1.54) is 4.90 Å². The summed E-state index contributed by atoms with van der Waals surface area (Å²) in [7, 11) is 0. The summed E-state index contributed by atoms with van der Waals surface area (Å²) in [6.45, 7) is 0.205. The highest BCUT2D eigenvalue weighted by Gasteiger charge is 2.30. The molecule has 0 amide bonds. The molecular weight excluding hydrogens is 382 g/mol. The van der Waals surface area contributed by atoms with Gasteiger partial charge >= 0.3 is 0 Å². The molecule has 1 aromatic rings. The van der Waals surface area contributed by atoms with Crippen LogP contribution in [-0.2, 0) is 6.42 Å². The SMILES string of the molecule is CCCCc1ccc(N(C[C@@H](O)[C@H](O)[C@H](O)CO)C[C@@H](O)[C@H](O)[C@H](O)CO)cc1. The van der Waals surface area contributed by atoms with E-state index in [0.29, 0.717) is 5.69 Å². The van der Waals surface area contributed by atoms with Gasteiger partial charge in [-0.3, -0.25) is 0 Å². The molecule has 0 aliphatic carbocycles. The maximum absolute atomic E-state index is 10.2. The van der Waals surface area contributed by atoms with E-state index in [-0.39, 0.29) is 13.1 Å². The number of unbranched alkanes of at least 4 members (excludes halogenated alkanes) is 1. The van der Waals surface area contributed by atoms with Crippen LogP contribution >= 0.6 is 0 Å². The maximum atomic E-state index is 10.2. The highest BCUT2D eigenvalue weighted by molar-refractivity contribution is 5.48. The summed E-state index contributed by atoms with van der Waals surface area (Å²) in [4.78, 5) is 1.49. The van der Waals surface area contributed by atoms with E-state index < -0.39 is 49.8 Å². The third kappa shape index (κ3) is 8.15. The van der Waals surface area contributed by atoms with Gasteiger partial charge in [0.05, 0.1) is 25.4 Å². The first-order valence-electron chi connectivity index (χ1n) is 9.89. The Kier molecular flexibility index (Phi) is 11.6. The van der Waals surface area contributed by atoms with Gasteiger partial charge in [0.25, 0.3) is 0 Å². The van der Waals surface area contributed by atoms with Crippen LogP contribution in [0.3, 0.4) is 0 Å². The van der Waals surface area contributed by atoms with E-state index in [1.807, 2.05) is 12.1 Å². The van der Waals surface area contributed by atoms with Crippen molar-refractivity contribution >= 4 is 5.69 Å². The van der Waals surface area contributed by atoms with Crippen molar-refractivity contribution in [2.45, 2.75) is 62.8 Å². The highest BCUT2D eigenvalue weighted by Crippen LogP contribution is 2.19. The summed E-state index contributed by atoms with van der Waals surface area (Å²) < 4.78 is 0. The van der Waals surface area contributed by atoms with Crippen molar-refractivity contribution in [3.8, 4) is 0 Å². The summed E-state index contributed by atoms with van der Waals surface area (Å²) in [5.74, 6) is 0.